The molecule has 1 saturated heterocycles. The van der Waals surface area contributed by atoms with Gasteiger partial charge in [-0.05, 0) is 6.42 Å². The Morgan fingerprint density at radius 1 is 1.50 bits per heavy atom. The standard InChI is InChI=1S/C12H15N3O4.CH4/c16-5-9-8(18)4-10(19-9)15-6-14-11-7(17)2-1-3-13-12(11)15;/h3,6,8-10,16,18H,1-2,4-5H2;1H4/t8-,9-,10-;/m1./s1. The summed E-state index contributed by atoms with van der Waals surface area (Å²) in [5, 5.41) is 18.8. The third-order valence-electron chi connectivity index (χ3n) is 3.44. The number of aromatic nitrogens is 2. The summed E-state index contributed by atoms with van der Waals surface area (Å²) >= 11 is 0. The van der Waals surface area contributed by atoms with Crippen LogP contribution in [0.4, 0.5) is 5.82 Å². The molecule has 2 N–H and O–H groups in total. The first-order chi connectivity index (χ1) is 9.20. The Labute approximate surface area is 116 Å². The van der Waals surface area contributed by atoms with Crippen molar-refractivity contribution in [2.75, 3.05) is 6.61 Å². The first kappa shape index (κ1) is 14.8. The van der Waals surface area contributed by atoms with Crippen molar-refractivity contribution in [1.82, 2.24) is 9.55 Å². The van der Waals surface area contributed by atoms with E-state index in [1.807, 2.05) is 0 Å². The van der Waals surface area contributed by atoms with Crippen LogP contribution in [0, 0.1) is 0 Å². The van der Waals surface area contributed by atoms with Crippen LogP contribution in [0.15, 0.2) is 11.3 Å². The summed E-state index contributed by atoms with van der Waals surface area (Å²) in [6, 6.07) is 0. The molecule has 3 rings (SSSR count). The third kappa shape index (κ3) is 2.39. The van der Waals surface area contributed by atoms with E-state index in [9.17, 15) is 9.90 Å². The molecule has 7 nitrogen and oxygen atoms in total. The van der Waals surface area contributed by atoms with E-state index in [-0.39, 0.29) is 19.8 Å². The van der Waals surface area contributed by atoms with Crippen LogP contribution in [0.3, 0.4) is 0 Å². The minimum Gasteiger partial charge on any atom is -0.394 e. The van der Waals surface area contributed by atoms with Gasteiger partial charge < -0.3 is 14.9 Å². The van der Waals surface area contributed by atoms with Gasteiger partial charge in [-0.3, -0.25) is 9.36 Å². The number of imidazole rings is 1. The van der Waals surface area contributed by atoms with Crippen molar-refractivity contribution in [3.05, 3.63) is 12.0 Å². The maximum absolute atomic E-state index is 11.8. The van der Waals surface area contributed by atoms with Crippen LogP contribution < -0.4 is 0 Å². The first-order valence-corrected chi connectivity index (χ1v) is 6.27. The molecule has 0 radical (unpaired) electrons. The van der Waals surface area contributed by atoms with Crippen LogP contribution in [0.2, 0.25) is 0 Å². The Morgan fingerprint density at radius 2 is 2.30 bits per heavy atom. The van der Waals surface area contributed by atoms with Gasteiger partial charge in [-0.2, -0.15) is 0 Å². The van der Waals surface area contributed by atoms with Crippen LogP contribution in [0.25, 0.3) is 0 Å². The summed E-state index contributed by atoms with van der Waals surface area (Å²) in [5.41, 5.74) is 0.347. The van der Waals surface area contributed by atoms with Crippen LogP contribution in [0.1, 0.15) is 43.4 Å². The molecule has 110 valence electrons. The lowest BCUT2D eigenvalue weighted by Gasteiger charge is -2.14. The van der Waals surface area contributed by atoms with E-state index in [1.165, 1.54) is 6.33 Å². The molecule has 0 amide bonds. The fourth-order valence-corrected chi connectivity index (χ4v) is 2.41. The van der Waals surface area contributed by atoms with E-state index in [2.05, 4.69) is 9.98 Å². The van der Waals surface area contributed by atoms with Gasteiger partial charge in [0.15, 0.2) is 17.3 Å². The van der Waals surface area contributed by atoms with Crippen molar-refractivity contribution in [3.63, 3.8) is 0 Å². The van der Waals surface area contributed by atoms with Crippen molar-refractivity contribution < 1.29 is 19.7 Å². The zero-order chi connectivity index (χ0) is 13.4. The Balaban J connectivity index is 0.00000147. The Kier molecular flexibility index (Phi) is 4.32. The predicted octanol–water partition coefficient (Wildman–Crippen LogP) is 0.839. The van der Waals surface area contributed by atoms with Gasteiger partial charge in [-0.1, -0.05) is 7.43 Å². The molecule has 2 aliphatic rings. The van der Waals surface area contributed by atoms with Gasteiger partial charge in [0.25, 0.3) is 0 Å². The summed E-state index contributed by atoms with van der Waals surface area (Å²) < 4.78 is 7.19. The van der Waals surface area contributed by atoms with Crippen molar-refractivity contribution >= 4 is 17.8 Å². The number of aliphatic imine (C=N–C) groups is 1. The average molecular weight is 281 g/mol. The molecule has 20 heavy (non-hydrogen) atoms. The fourth-order valence-electron chi connectivity index (χ4n) is 2.41. The molecular formula is C13H19N3O4. The van der Waals surface area contributed by atoms with E-state index in [0.717, 1.165) is 0 Å². The van der Waals surface area contributed by atoms with Gasteiger partial charge in [0.1, 0.15) is 12.3 Å². The van der Waals surface area contributed by atoms with E-state index in [4.69, 9.17) is 9.84 Å². The highest BCUT2D eigenvalue weighted by Gasteiger charge is 2.36. The fraction of sp³-hybridized carbons (Fsp3) is 0.615. The second-order valence-electron chi connectivity index (χ2n) is 4.71. The van der Waals surface area contributed by atoms with E-state index in [1.54, 1.807) is 10.8 Å². The Morgan fingerprint density at radius 3 is 3.00 bits per heavy atom. The van der Waals surface area contributed by atoms with E-state index in [0.29, 0.717) is 30.8 Å². The lowest BCUT2D eigenvalue weighted by Crippen LogP contribution is -2.24. The van der Waals surface area contributed by atoms with Crippen LogP contribution in [-0.2, 0) is 4.74 Å². The van der Waals surface area contributed by atoms with Gasteiger partial charge >= 0.3 is 0 Å². The number of ether oxygens (including phenoxy) is 1. The topological polar surface area (TPSA) is 96.9 Å². The van der Waals surface area contributed by atoms with Crippen molar-refractivity contribution in [2.24, 2.45) is 4.99 Å². The molecule has 0 aliphatic carbocycles. The van der Waals surface area contributed by atoms with Crippen molar-refractivity contribution in [2.45, 2.75) is 45.1 Å². The highest BCUT2D eigenvalue weighted by atomic mass is 16.5. The largest absolute Gasteiger partial charge is 0.394 e. The number of aliphatic hydroxyl groups excluding tert-OH is 2. The number of ketones is 1. The van der Waals surface area contributed by atoms with Crippen LogP contribution in [0.5, 0.6) is 0 Å². The molecule has 0 aromatic carbocycles. The maximum Gasteiger partial charge on any atom is 0.185 e. The summed E-state index contributed by atoms with van der Waals surface area (Å²) in [7, 11) is 0. The van der Waals surface area contributed by atoms with E-state index < -0.39 is 18.4 Å². The number of carbonyl (C=O) groups excluding carboxylic acids is 1. The lowest BCUT2D eigenvalue weighted by atomic mass is 10.2. The molecule has 1 aromatic rings. The number of hydrogen-bond acceptors (Lipinski definition) is 6. The summed E-state index contributed by atoms with van der Waals surface area (Å²) in [6.07, 6.45) is 2.76. The number of fused-ring (bicyclic) bond motifs is 1. The van der Waals surface area contributed by atoms with Gasteiger partial charge in [-0.25, -0.2) is 9.98 Å². The third-order valence-corrected chi connectivity index (χ3v) is 3.44. The predicted molar refractivity (Wildman–Crippen MR) is 72.3 cm³/mol. The monoisotopic (exact) mass is 281 g/mol. The number of aliphatic hydroxyl groups is 2. The Hall–Kier alpha value is -1.57. The second kappa shape index (κ2) is 5.82. The van der Waals surface area contributed by atoms with Crippen LogP contribution >= 0.6 is 0 Å². The van der Waals surface area contributed by atoms with Gasteiger partial charge in [0.2, 0.25) is 0 Å². The van der Waals surface area contributed by atoms with E-state index >= 15 is 0 Å². The first-order valence-electron chi connectivity index (χ1n) is 6.27. The van der Waals surface area contributed by atoms with Gasteiger partial charge in [0, 0.05) is 19.1 Å². The minimum absolute atomic E-state index is 0. The molecular weight excluding hydrogens is 262 g/mol. The number of carbonyl (C=O) groups is 1. The zero-order valence-electron chi connectivity index (χ0n) is 10.3. The lowest BCUT2D eigenvalue weighted by molar-refractivity contribution is -0.0438. The maximum atomic E-state index is 11.8. The smallest absolute Gasteiger partial charge is 0.185 e. The second-order valence-corrected chi connectivity index (χ2v) is 4.71. The molecule has 1 fully saturated rings. The molecule has 0 bridgehead atoms. The number of Topliss-reactive ketones (excluding diaryl/α,β-unsaturated/α-hetero) is 1. The molecule has 1 aromatic heterocycles. The highest BCUT2D eigenvalue weighted by molar-refractivity contribution is 6.00. The Bertz CT molecular complexity index is 526. The van der Waals surface area contributed by atoms with Crippen LogP contribution in [-0.4, -0.2) is 50.6 Å². The molecule has 3 atom stereocenters. The van der Waals surface area contributed by atoms with Gasteiger partial charge in [0.05, 0.1) is 19.0 Å². The summed E-state index contributed by atoms with van der Waals surface area (Å²) in [6.45, 7) is -0.239. The SMILES string of the molecule is C.O=C1CCC=Nc2c1ncn2[C@H]1C[C@@H](O)[C@@H](CO)O1. The highest BCUT2D eigenvalue weighted by Crippen LogP contribution is 2.34. The van der Waals surface area contributed by atoms with Crippen molar-refractivity contribution in [1.29, 1.82) is 0 Å². The van der Waals surface area contributed by atoms with Crippen molar-refractivity contribution in [3.8, 4) is 0 Å². The molecule has 0 saturated carbocycles. The molecule has 0 spiro atoms. The molecule has 3 heterocycles. The quantitative estimate of drug-likeness (QED) is 0.837. The minimum atomic E-state index is -0.724. The zero-order valence-corrected chi connectivity index (χ0v) is 10.3. The van der Waals surface area contributed by atoms with Gasteiger partial charge in [-0.15, -0.1) is 0 Å². The number of hydrogen-bond donors (Lipinski definition) is 2. The molecule has 2 aliphatic heterocycles. The summed E-state index contributed by atoms with van der Waals surface area (Å²) in [5.74, 6) is 0.432. The number of rotatable bonds is 2. The summed E-state index contributed by atoms with van der Waals surface area (Å²) in [4.78, 5) is 20.2. The molecule has 7 heteroatoms. The average Bonchev–Trinajstić information content (AvgIpc) is 2.93. The number of nitrogens with zero attached hydrogens (tertiary/aromatic N) is 3. The normalized spacial score (nSPS) is 28.9. The molecule has 0 unspecified atom stereocenters.